The van der Waals surface area contributed by atoms with Crippen LogP contribution in [0.15, 0.2) is 52.3 Å². The number of amides is 1. The van der Waals surface area contributed by atoms with Crippen LogP contribution in [0.3, 0.4) is 0 Å². The monoisotopic (exact) mass is 413 g/mol. The van der Waals surface area contributed by atoms with Crippen molar-refractivity contribution in [2.45, 2.75) is 9.79 Å². The molecule has 140 valence electrons. The van der Waals surface area contributed by atoms with E-state index in [-0.39, 0.29) is 12.4 Å². The molecule has 0 fully saturated rings. The summed E-state index contributed by atoms with van der Waals surface area (Å²) in [5.41, 5.74) is 8.16. The van der Waals surface area contributed by atoms with Crippen molar-refractivity contribution in [3.63, 3.8) is 0 Å². The molecule has 0 aliphatic heterocycles. The Hall–Kier alpha value is -1.31. The number of primary amides is 1. The van der Waals surface area contributed by atoms with Crippen molar-refractivity contribution in [3.05, 3.63) is 48.3 Å². The number of hydrogen-bond acceptors (Lipinski definition) is 6. The van der Waals surface area contributed by atoms with Crippen LogP contribution in [0.25, 0.3) is 0 Å². The van der Waals surface area contributed by atoms with Crippen molar-refractivity contribution in [1.29, 1.82) is 0 Å². The number of ether oxygens (including phenoxy) is 1. The Morgan fingerprint density at radius 3 is 2.65 bits per heavy atom. The molecular formula is C17H21FN3O2PS2. The molecule has 3 N–H and O–H groups in total. The summed E-state index contributed by atoms with van der Waals surface area (Å²) in [4.78, 5) is 12.7. The summed E-state index contributed by atoms with van der Waals surface area (Å²) in [7, 11) is 4.29. The Labute approximate surface area is 163 Å². The third kappa shape index (κ3) is 6.78. The van der Waals surface area contributed by atoms with Crippen LogP contribution in [-0.2, 0) is 4.79 Å². The number of carbonyl (C=O) groups is 1. The molecule has 1 atom stereocenters. The maximum absolute atomic E-state index is 14.2. The minimum Gasteiger partial charge on any atom is -0.480 e. The molecule has 5 nitrogen and oxygen atoms in total. The fourth-order valence-corrected chi connectivity index (χ4v) is 4.38. The van der Waals surface area contributed by atoms with Crippen LogP contribution >= 0.6 is 32.9 Å². The van der Waals surface area contributed by atoms with E-state index < -0.39 is 11.7 Å². The molecular weight excluding hydrogens is 392 g/mol. The van der Waals surface area contributed by atoms with Gasteiger partial charge in [-0.15, -0.1) is 21.0 Å². The van der Waals surface area contributed by atoms with Crippen molar-refractivity contribution in [1.82, 2.24) is 9.84 Å². The van der Waals surface area contributed by atoms with Crippen molar-refractivity contribution in [3.8, 4) is 5.75 Å². The summed E-state index contributed by atoms with van der Waals surface area (Å²) < 4.78 is 21.3. The van der Waals surface area contributed by atoms with Crippen molar-refractivity contribution in [2.24, 2.45) is 5.73 Å². The van der Waals surface area contributed by atoms with Gasteiger partial charge in [0.15, 0.2) is 18.2 Å². The van der Waals surface area contributed by atoms with E-state index in [1.807, 2.05) is 47.9 Å². The molecule has 2 aromatic carbocycles. The second kappa shape index (κ2) is 10.7. The maximum atomic E-state index is 14.2. The van der Waals surface area contributed by atoms with Gasteiger partial charge in [0.25, 0.3) is 5.91 Å². The van der Waals surface area contributed by atoms with E-state index in [2.05, 4.69) is 14.7 Å². The molecule has 2 aromatic rings. The van der Waals surface area contributed by atoms with E-state index in [9.17, 15) is 9.18 Å². The number of hydrogen-bond donors (Lipinski definition) is 2. The standard InChI is InChI=1S/C17H21FN3O2PS2/c1-20-21(26-12-5-3-2-4-6-12)7-8-25-13-9-14(18)17(15(24)10-13)23-11-16(19)22/h2-6,9-10,20H,7-8,11,24H2,1H3,(H2,19,22). The predicted molar refractivity (Wildman–Crippen MR) is 109 cm³/mol. The highest BCUT2D eigenvalue weighted by Crippen LogP contribution is 2.26. The van der Waals surface area contributed by atoms with Crippen LogP contribution in [0.4, 0.5) is 4.39 Å². The third-order valence-electron chi connectivity index (χ3n) is 3.18. The van der Waals surface area contributed by atoms with Gasteiger partial charge in [0.05, 0.1) is 0 Å². The van der Waals surface area contributed by atoms with Gasteiger partial charge >= 0.3 is 0 Å². The number of nitrogens with zero attached hydrogens (tertiary/aromatic N) is 1. The molecule has 0 radical (unpaired) electrons. The zero-order valence-electron chi connectivity index (χ0n) is 14.3. The number of thioether (sulfide) groups is 1. The second-order valence-corrected chi connectivity index (χ2v) is 8.04. The lowest BCUT2D eigenvalue weighted by Crippen LogP contribution is -2.30. The van der Waals surface area contributed by atoms with Crippen molar-refractivity contribution < 1.29 is 13.9 Å². The van der Waals surface area contributed by atoms with Gasteiger partial charge in [-0.3, -0.25) is 4.79 Å². The Morgan fingerprint density at radius 2 is 2.04 bits per heavy atom. The highest BCUT2D eigenvalue weighted by molar-refractivity contribution is 7.99. The average molecular weight is 413 g/mol. The fourth-order valence-electron chi connectivity index (χ4n) is 2.03. The van der Waals surface area contributed by atoms with Crippen molar-refractivity contribution in [2.75, 3.05) is 26.0 Å². The molecule has 2 rings (SSSR count). The van der Waals surface area contributed by atoms with Gasteiger partial charge in [-0.05, 0) is 43.3 Å². The first kappa shape index (κ1) is 21.0. The number of halogens is 1. The van der Waals surface area contributed by atoms with E-state index in [1.165, 1.54) is 6.07 Å². The van der Waals surface area contributed by atoms with Gasteiger partial charge in [-0.25, -0.2) is 9.82 Å². The van der Waals surface area contributed by atoms with Crippen LogP contribution < -0.4 is 21.2 Å². The van der Waals surface area contributed by atoms with Gasteiger partial charge < -0.3 is 10.5 Å². The zero-order chi connectivity index (χ0) is 18.9. The number of hydrazine groups is 1. The van der Waals surface area contributed by atoms with Crippen molar-refractivity contribution >= 4 is 44.2 Å². The molecule has 9 heteroatoms. The third-order valence-corrected chi connectivity index (χ3v) is 5.63. The largest absolute Gasteiger partial charge is 0.480 e. The summed E-state index contributed by atoms with van der Waals surface area (Å²) >= 11 is 3.15. The number of benzene rings is 2. The van der Waals surface area contributed by atoms with E-state index >= 15 is 0 Å². The quantitative estimate of drug-likeness (QED) is 0.270. The van der Waals surface area contributed by atoms with Crippen LogP contribution in [0.5, 0.6) is 5.75 Å². The van der Waals surface area contributed by atoms with Crippen LogP contribution in [-0.4, -0.2) is 36.3 Å². The number of carbonyl (C=O) groups excluding carboxylic acids is 1. The van der Waals surface area contributed by atoms with Gasteiger partial charge in [0.2, 0.25) is 0 Å². The number of nitrogens with one attached hydrogen (secondary N) is 1. The van der Waals surface area contributed by atoms with E-state index in [4.69, 9.17) is 10.5 Å². The summed E-state index contributed by atoms with van der Waals surface area (Å²) in [5.74, 6) is -0.346. The topological polar surface area (TPSA) is 67.6 Å². The minimum absolute atomic E-state index is 0.0367. The zero-order valence-corrected chi connectivity index (χ0v) is 17.1. The maximum Gasteiger partial charge on any atom is 0.255 e. The molecule has 26 heavy (non-hydrogen) atoms. The van der Waals surface area contributed by atoms with Gasteiger partial charge in [0.1, 0.15) is 0 Å². The van der Waals surface area contributed by atoms with E-state index in [1.54, 1.807) is 23.7 Å². The summed E-state index contributed by atoms with van der Waals surface area (Å²) in [6, 6.07) is 13.3. The first-order valence-electron chi connectivity index (χ1n) is 7.80. The lowest BCUT2D eigenvalue weighted by atomic mass is 10.3. The molecule has 0 aliphatic rings. The fraction of sp³-hybridized carbons (Fsp3) is 0.235. The number of rotatable bonds is 10. The lowest BCUT2D eigenvalue weighted by Gasteiger charge is -2.19. The Bertz CT molecular complexity index is 714. The van der Waals surface area contributed by atoms with Gasteiger partial charge in [-0.2, -0.15) is 4.41 Å². The molecule has 0 saturated carbocycles. The molecule has 1 unspecified atom stereocenters. The molecule has 0 bridgehead atoms. The summed E-state index contributed by atoms with van der Waals surface area (Å²) in [6.45, 7) is 0.410. The van der Waals surface area contributed by atoms with Crippen LogP contribution in [0, 0.1) is 5.82 Å². The second-order valence-electron chi connectivity index (χ2n) is 5.16. The molecule has 0 aromatic heterocycles. The molecule has 1 amide bonds. The first-order valence-corrected chi connectivity index (χ1v) is 10.1. The van der Waals surface area contributed by atoms with Crippen LogP contribution in [0.2, 0.25) is 0 Å². The highest BCUT2D eigenvalue weighted by atomic mass is 32.2. The Balaban J connectivity index is 1.89. The Kier molecular flexibility index (Phi) is 8.68. The number of nitrogens with two attached hydrogens (primary N) is 1. The van der Waals surface area contributed by atoms with Crippen LogP contribution in [0.1, 0.15) is 0 Å². The van der Waals surface area contributed by atoms with E-state index in [0.717, 1.165) is 22.1 Å². The molecule has 0 heterocycles. The Morgan fingerprint density at radius 1 is 1.31 bits per heavy atom. The summed E-state index contributed by atoms with van der Waals surface area (Å²) in [6.07, 6.45) is 0. The first-order chi connectivity index (χ1) is 12.5. The molecule has 0 spiro atoms. The minimum atomic E-state index is -0.643. The molecule has 0 aliphatic carbocycles. The normalized spacial score (nSPS) is 10.9. The molecule has 0 saturated heterocycles. The highest BCUT2D eigenvalue weighted by Gasteiger charge is 2.12. The summed E-state index contributed by atoms with van der Waals surface area (Å²) in [5, 5.41) is 0.554. The average Bonchev–Trinajstić information content (AvgIpc) is 2.60. The van der Waals surface area contributed by atoms with Gasteiger partial charge in [-0.1, -0.05) is 18.2 Å². The van der Waals surface area contributed by atoms with E-state index in [0.29, 0.717) is 5.30 Å². The SMILES string of the molecule is CNN(CCSc1cc(F)c(OCC(N)=O)c(P)c1)Sc1ccccc1. The lowest BCUT2D eigenvalue weighted by molar-refractivity contribution is -0.119. The smallest absolute Gasteiger partial charge is 0.255 e. The van der Waals surface area contributed by atoms with Gasteiger partial charge in [0, 0.05) is 27.4 Å². The predicted octanol–water partition coefficient (Wildman–Crippen LogP) is 2.43.